The number of hydrogen-bond acceptors (Lipinski definition) is 9. The summed E-state index contributed by atoms with van der Waals surface area (Å²) < 4.78 is 41.4. The normalized spacial score (nSPS) is 14.8. The number of ether oxygens (including phenoxy) is 2. The van der Waals surface area contributed by atoms with Crippen molar-refractivity contribution in [2.24, 2.45) is 5.41 Å². The smallest absolute Gasteiger partial charge is 0.300 e. The molecule has 37 heavy (non-hydrogen) atoms. The highest BCUT2D eigenvalue weighted by molar-refractivity contribution is 7.94. The van der Waals surface area contributed by atoms with Crippen molar-refractivity contribution < 1.29 is 17.9 Å². The van der Waals surface area contributed by atoms with Gasteiger partial charge in [-0.2, -0.15) is 0 Å². The van der Waals surface area contributed by atoms with E-state index in [1.165, 1.54) is 24.1 Å². The molecule has 4 heterocycles. The van der Waals surface area contributed by atoms with Gasteiger partial charge in [0.15, 0.2) is 4.21 Å². The first-order valence-corrected chi connectivity index (χ1v) is 14.0. The molecule has 0 spiro atoms. The fraction of sp³-hybridized carbons (Fsp3) is 0.360. The van der Waals surface area contributed by atoms with E-state index < -0.39 is 10.0 Å². The largest absolute Gasteiger partial charge is 0.486 e. The third kappa shape index (κ3) is 4.90. The average Bonchev–Trinajstić information content (AvgIpc) is 3.21. The van der Waals surface area contributed by atoms with E-state index in [0.717, 1.165) is 24.2 Å². The molecule has 1 aliphatic rings. The first-order chi connectivity index (χ1) is 17.6. The van der Waals surface area contributed by atoms with E-state index in [1.807, 2.05) is 0 Å². The maximum absolute atomic E-state index is 13.1. The van der Waals surface area contributed by atoms with Crippen LogP contribution in [0.5, 0.6) is 11.6 Å². The second-order valence-electron chi connectivity index (χ2n) is 9.52. The summed E-state index contributed by atoms with van der Waals surface area (Å²) in [4.78, 5) is 26.0. The van der Waals surface area contributed by atoms with Gasteiger partial charge in [-0.1, -0.05) is 13.3 Å². The van der Waals surface area contributed by atoms with Crippen molar-refractivity contribution >= 4 is 32.7 Å². The molecule has 4 aromatic heterocycles. The Morgan fingerprint density at radius 1 is 1.16 bits per heavy atom. The Balaban J connectivity index is 1.49. The summed E-state index contributed by atoms with van der Waals surface area (Å²) in [6.07, 6.45) is 7.99. The number of methoxy groups -OCH3 is 1. The Kier molecular flexibility index (Phi) is 6.40. The highest BCUT2D eigenvalue weighted by atomic mass is 32.2. The van der Waals surface area contributed by atoms with Gasteiger partial charge in [-0.25, -0.2) is 23.4 Å². The molecule has 10 nitrogen and oxygen atoms in total. The number of pyridine rings is 2. The van der Waals surface area contributed by atoms with Crippen molar-refractivity contribution in [2.45, 2.75) is 44.2 Å². The van der Waals surface area contributed by atoms with Crippen LogP contribution in [0.4, 0.5) is 5.69 Å². The lowest BCUT2D eigenvalue weighted by molar-refractivity contribution is 0.0764. The van der Waals surface area contributed by atoms with Gasteiger partial charge in [0.2, 0.25) is 11.6 Å². The lowest BCUT2D eigenvalue weighted by atomic mass is 9.71. The van der Waals surface area contributed by atoms with Gasteiger partial charge in [0.25, 0.3) is 15.6 Å². The molecule has 4 aromatic rings. The van der Waals surface area contributed by atoms with Crippen LogP contribution >= 0.6 is 11.3 Å². The van der Waals surface area contributed by atoms with E-state index >= 15 is 0 Å². The topological polar surface area (TPSA) is 125 Å². The van der Waals surface area contributed by atoms with Crippen LogP contribution in [-0.2, 0) is 10.0 Å². The van der Waals surface area contributed by atoms with Crippen molar-refractivity contribution in [3.63, 3.8) is 0 Å². The second kappa shape index (κ2) is 9.42. The van der Waals surface area contributed by atoms with Gasteiger partial charge in [-0.3, -0.25) is 13.9 Å². The summed E-state index contributed by atoms with van der Waals surface area (Å²) in [5.41, 5.74) is 2.06. The molecule has 0 saturated heterocycles. The number of nitrogens with one attached hydrogen (secondary N) is 1. The minimum atomic E-state index is -3.91. The maximum atomic E-state index is 13.1. The van der Waals surface area contributed by atoms with Gasteiger partial charge in [0.1, 0.15) is 11.3 Å². The average molecular weight is 542 g/mol. The molecular weight excluding hydrogens is 514 g/mol. The molecule has 0 atom stereocenters. The van der Waals surface area contributed by atoms with Crippen LogP contribution in [0.25, 0.3) is 16.8 Å². The van der Waals surface area contributed by atoms with Crippen LogP contribution in [0.15, 0.2) is 45.8 Å². The monoisotopic (exact) mass is 541 g/mol. The van der Waals surface area contributed by atoms with Gasteiger partial charge in [0.05, 0.1) is 30.6 Å². The number of thiazole rings is 1. The van der Waals surface area contributed by atoms with E-state index in [1.54, 1.807) is 44.4 Å². The van der Waals surface area contributed by atoms with Crippen molar-refractivity contribution in [3.05, 3.63) is 57.8 Å². The predicted molar refractivity (Wildman–Crippen MR) is 141 cm³/mol. The second-order valence-corrected chi connectivity index (χ2v) is 12.6. The van der Waals surface area contributed by atoms with Gasteiger partial charge in [-0.15, -0.1) is 11.3 Å². The van der Waals surface area contributed by atoms with Crippen molar-refractivity contribution in [3.8, 4) is 22.8 Å². The number of fused-ring (bicyclic) bond motifs is 1. The number of hydrogen-bond donors (Lipinski definition) is 1. The van der Waals surface area contributed by atoms with Crippen molar-refractivity contribution in [2.75, 3.05) is 18.4 Å². The molecule has 12 heteroatoms. The molecule has 1 aliphatic carbocycles. The molecule has 1 fully saturated rings. The zero-order chi connectivity index (χ0) is 26.4. The van der Waals surface area contributed by atoms with Gasteiger partial charge >= 0.3 is 0 Å². The van der Waals surface area contributed by atoms with Crippen LogP contribution in [0.3, 0.4) is 0 Å². The van der Waals surface area contributed by atoms with Gasteiger partial charge in [0, 0.05) is 28.9 Å². The van der Waals surface area contributed by atoms with E-state index in [4.69, 9.17) is 9.47 Å². The molecule has 5 rings (SSSR count). The number of aromatic nitrogens is 4. The number of aryl methyl sites for hydroxylation is 2. The summed E-state index contributed by atoms with van der Waals surface area (Å²) >= 11 is 1.09. The van der Waals surface area contributed by atoms with Crippen LogP contribution in [0.2, 0.25) is 0 Å². The van der Waals surface area contributed by atoms with Gasteiger partial charge < -0.3 is 9.47 Å². The van der Waals surface area contributed by atoms with Crippen LogP contribution in [0.1, 0.15) is 36.9 Å². The van der Waals surface area contributed by atoms with Crippen LogP contribution in [0, 0.1) is 19.3 Å². The molecule has 1 N–H and O–H groups in total. The fourth-order valence-corrected chi connectivity index (χ4v) is 6.84. The molecule has 0 bridgehead atoms. The first-order valence-electron chi connectivity index (χ1n) is 11.7. The van der Waals surface area contributed by atoms with Gasteiger partial charge in [-0.05, 0) is 44.9 Å². The Labute approximate surface area is 218 Å². The van der Waals surface area contributed by atoms with E-state index in [2.05, 4.69) is 26.6 Å². The molecule has 0 radical (unpaired) electrons. The third-order valence-corrected chi connectivity index (χ3v) is 9.58. The summed E-state index contributed by atoms with van der Waals surface area (Å²) in [6, 6.07) is 5.12. The van der Waals surface area contributed by atoms with E-state index in [-0.39, 0.29) is 32.5 Å². The fourth-order valence-electron chi connectivity index (χ4n) is 4.30. The van der Waals surface area contributed by atoms with Crippen LogP contribution in [-0.4, -0.2) is 41.5 Å². The highest BCUT2D eigenvalue weighted by Crippen LogP contribution is 2.40. The molecule has 0 aliphatic heterocycles. The van der Waals surface area contributed by atoms with E-state index in [9.17, 15) is 13.2 Å². The number of nitrogens with zero attached hydrogens (tertiary/aromatic N) is 4. The lowest BCUT2D eigenvalue weighted by Gasteiger charge is -2.37. The quantitative estimate of drug-likeness (QED) is 0.352. The maximum Gasteiger partial charge on any atom is 0.300 e. The molecule has 0 unspecified atom stereocenters. The van der Waals surface area contributed by atoms with Crippen LogP contribution < -0.4 is 19.8 Å². The Hall–Kier alpha value is -3.51. The Morgan fingerprint density at radius 2 is 1.95 bits per heavy atom. The first kappa shape index (κ1) is 25.2. The van der Waals surface area contributed by atoms with Crippen molar-refractivity contribution in [1.82, 2.24) is 19.4 Å². The molecule has 194 valence electrons. The SMILES string of the molecule is COc1ncc(-c2ccc3ncc(OCC4(C)CCC4)c(=O)n3c2)cc1NS(=O)(=O)c1sc(C)nc1C. The Morgan fingerprint density at radius 3 is 2.59 bits per heavy atom. The number of anilines is 1. The molecule has 0 aromatic carbocycles. The third-order valence-electron chi connectivity index (χ3n) is 6.53. The minimum absolute atomic E-state index is 0.100. The highest BCUT2D eigenvalue weighted by Gasteiger charge is 2.33. The summed E-state index contributed by atoms with van der Waals surface area (Å²) in [5, 5.41) is 0.650. The zero-order valence-electron chi connectivity index (χ0n) is 20.9. The number of sulfonamides is 1. The summed E-state index contributed by atoms with van der Waals surface area (Å²) in [5.74, 6) is 0.310. The van der Waals surface area contributed by atoms with Crippen molar-refractivity contribution in [1.29, 1.82) is 0 Å². The zero-order valence-corrected chi connectivity index (χ0v) is 22.6. The van der Waals surface area contributed by atoms with E-state index in [0.29, 0.717) is 34.1 Å². The Bertz CT molecular complexity index is 1660. The minimum Gasteiger partial charge on any atom is -0.486 e. The molecule has 1 saturated carbocycles. The molecular formula is C25H27N5O5S2. The molecule has 0 amide bonds. The predicted octanol–water partition coefficient (Wildman–Crippen LogP) is 4.21. The summed E-state index contributed by atoms with van der Waals surface area (Å²) in [6.45, 7) is 6.02. The lowest BCUT2D eigenvalue weighted by Crippen LogP contribution is -2.33. The standard InChI is InChI=1S/C25H27N5O5S2/c1-15-24(36-16(2)28-15)37(32,33)29-19-10-18(11-27-22(19)34-4)17-6-7-21-26-12-20(23(31)30(21)13-17)35-14-25(3)8-5-9-25/h6-7,10-13,29H,5,8-9,14H2,1-4H3. The summed E-state index contributed by atoms with van der Waals surface area (Å²) in [7, 11) is -2.50. The number of rotatable bonds is 8.